The molecule has 0 unspecified atom stereocenters. The Morgan fingerprint density at radius 1 is 1.13 bits per heavy atom. The maximum atomic E-state index is 14.2. The second kappa shape index (κ2) is 9.84. The van der Waals surface area contributed by atoms with Crippen LogP contribution in [0.3, 0.4) is 0 Å². The number of benzene rings is 2. The van der Waals surface area contributed by atoms with Gasteiger partial charge in [0.25, 0.3) is 0 Å². The second-order valence-electron chi connectivity index (χ2n) is 6.78. The number of hydrogen-bond donors (Lipinski definition) is 0. The van der Waals surface area contributed by atoms with Gasteiger partial charge in [-0.15, -0.1) is 6.58 Å². The molecule has 0 aliphatic carbocycles. The summed E-state index contributed by atoms with van der Waals surface area (Å²) in [7, 11) is 1.20. The average molecular weight is 425 g/mol. The van der Waals surface area contributed by atoms with Gasteiger partial charge in [-0.2, -0.15) is 0 Å². The van der Waals surface area contributed by atoms with Gasteiger partial charge >= 0.3 is 5.97 Å². The van der Waals surface area contributed by atoms with E-state index in [0.717, 1.165) is 17.7 Å². The van der Waals surface area contributed by atoms with Crippen LogP contribution < -0.4 is 10.2 Å². The SMILES string of the molecule is C=CCn1cc(Cc2ccc(F)cc2F)c(=O)c(OCc2ccccc2)c1C(=O)OC. The molecule has 0 aliphatic heterocycles. The minimum Gasteiger partial charge on any atom is -0.482 e. The summed E-state index contributed by atoms with van der Waals surface area (Å²) in [4.78, 5) is 25.7. The van der Waals surface area contributed by atoms with E-state index in [4.69, 9.17) is 9.47 Å². The molecule has 0 bridgehead atoms. The maximum Gasteiger partial charge on any atom is 0.358 e. The predicted octanol–water partition coefficient (Wildman–Crippen LogP) is 4.27. The van der Waals surface area contributed by atoms with Crippen molar-refractivity contribution in [2.75, 3.05) is 7.11 Å². The van der Waals surface area contributed by atoms with E-state index in [2.05, 4.69) is 6.58 Å². The van der Waals surface area contributed by atoms with Crippen LogP contribution in [0.2, 0.25) is 0 Å². The highest BCUT2D eigenvalue weighted by Crippen LogP contribution is 2.21. The van der Waals surface area contributed by atoms with Gasteiger partial charge in [-0.1, -0.05) is 42.5 Å². The van der Waals surface area contributed by atoms with E-state index in [1.165, 1.54) is 23.9 Å². The number of esters is 1. The van der Waals surface area contributed by atoms with Crippen molar-refractivity contribution in [3.63, 3.8) is 0 Å². The average Bonchev–Trinajstić information content (AvgIpc) is 2.76. The molecule has 1 heterocycles. The van der Waals surface area contributed by atoms with Crippen molar-refractivity contribution in [1.29, 1.82) is 0 Å². The molecule has 0 saturated heterocycles. The zero-order valence-corrected chi connectivity index (χ0v) is 16.9. The van der Waals surface area contributed by atoms with Crippen molar-refractivity contribution in [3.8, 4) is 5.75 Å². The molecule has 0 spiro atoms. The molecule has 7 heteroatoms. The minimum atomic E-state index is -0.765. The van der Waals surface area contributed by atoms with E-state index in [1.807, 2.05) is 30.3 Å². The molecule has 0 N–H and O–H groups in total. The van der Waals surface area contributed by atoms with Crippen LogP contribution in [0.5, 0.6) is 5.75 Å². The Morgan fingerprint density at radius 3 is 2.52 bits per heavy atom. The first-order chi connectivity index (χ1) is 14.9. The Kier molecular flexibility index (Phi) is 6.97. The quantitative estimate of drug-likeness (QED) is 0.400. The van der Waals surface area contributed by atoms with Crippen LogP contribution in [0.15, 0.2) is 72.2 Å². The Bertz CT molecular complexity index is 1160. The predicted molar refractivity (Wildman–Crippen MR) is 112 cm³/mol. The van der Waals surface area contributed by atoms with Gasteiger partial charge in [0.2, 0.25) is 5.43 Å². The van der Waals surface area contributed by atoms with Crippen LogP contribution >= 0.6 is 0 Å². The lowest BCUT2D eigenvalue weighted by molar-refractivity contribution is 0.0581. The zero-order valence-electron chi connectivity index (χ0n) is 16.9. The van der Waals surface area contributed by atoms with Gasteiger partial charge in [0.1, 0.15) is 18.2 Å². The smallest absolute Gasteiger partial charge is 0.358 e. The van der Waals surface area contributed by atoms with E-state index >= 15 is 0 Å². The maximum absolute atomic E-state index is 14.2. The number of carbonyl (C=O) groups excluding carboxylic acids is 1. The molecule has 2 aromatic carbocycles. The van der Waals surface area contributed by atoms with Gasteiger partial charge < -0.3 is 14.0 Å². The molecular weight excluding hydrogens is 404 g/mol. The summed E-state index contributed by atoms with van der Waals surface area (Å²) in [5, 5.41) is 0. The number of methoxy groups -OCH3 is 1. The fourth-order valence-electron chi connectivity index (χ4n) is 3.14. The lowest BCUT2D eigenvalue weighted by atomic mass is 10.0. The molecule has 3 aromatic rings. The molecule has 1 aromatic heterocycles. The lowest BCUT2D eigenvalue weighted by Crippen LogP contribution is -2.25. The summed E-state index contributed by atoms with van der Waals surface area (Å²) in [5.41, 5.74) is 0.488. The molecule has 0 radical (unpaired) electrons. The fourth-order valence-corrected chi connectivity index (χ4v) is 3.14. The topological polar surface area (TPSA) is 57.5 Å². The first kappa shape index (κ1) is 22.0. The van der Waals surface area contributed by atoms with E-state index in [9.17, 15) is 18.4 Å². The third-order valence-corrected chi connectivity index (χ3v) is 4.64. The van der Waals surface area contributed by atoms with Crippen LogP contribution in [-0.2, 0) is 24.3 Å². The highest BCUT2D eigenvalue weighted by Gasteiger charge is 2.24. The summed E-state index contributed by atoms with van der Waals surface area (Å²) < 4.78 is 39.5. The standard InChI is InChI=1S/C24H21F2NO4/c1-3-11-27-14-18(12-17-9-10-19(25)13-20(17)26)22(28)23(21(27)24(29)30-2)31-15-16-7-5-4-6-8-16/h3-10,13-14H,1,11-12,15H2,2H3. The molecule has 0 amide bonds. The molecule has 0 atom stereocenters. The zero-order chi connectivity index (χ0) is 22.4. The van der Waals surface area contributed by atoms with Crippen LogP contribution in [0.4, 0.5) is 8.78 Å². The third kappa shape index (κ3) is 5.06. The van der Waals surface area contributed by atoms with Crippen molar-refractivity contribution in [2.45, 2.75) is 19.6 Å². The Balaban J connectivity index is 2.10. The first-order valence-corrected chi connectivity index (χ1v) is 9.50. The number of allylic oxidation sites excluding steroid dienone is 1. The van der Waals surface area contributed by atoms with Crippen LogP contribution in [0.25, 0.3) is 0 Å². The number of halogens is 2. The number of pyridine rings is 1. The molecule has 3 rings (SSSR count). The van der Waals surface area contributed by atoms with E-state index < -0.39 is 23.0 Å². The number of rotatable bonds is 8. The third-order valence-electron chi connectivity index (χ3n) is 4.64. The van der Waals surface area contributed by atoms with Gasteiger partial charge in [-0.25, -0.2) is 13.6 Å². The Hall–Kier alpha value is -3.74. The van der Waals surface area contributed by atoms with Crippen molar-refractivity contribution >= 4 is 5.97 Å². The number of ether oxygens (including phenoxy) is 2. The van der Waals surface area contributed by atoms with E-state index in [0.29, 0.717) is 0 Å². The van der Waals surface area contributed by atoms with Crippen molar-refractivity contribution in [2.24, 2.45) is 0 Å². The highest BCUT2D eigenvalue weighted by atomic mass is 19.1. The van der Waals surface area contributed by atoms with Crippen LogP contribution in [-0.4, -0.2) is 17.6 Å². The van der Waals surface area contributed by atoms with Crippen molar-refractivity contribution in [1.82, 2.24) is 4.57 Å². The number of carbonyl (C=O) groups is 1. The molecule has 160 valence electrons. The van der Waals surface area contributed by atoms with E-state index in [-0.39, 0.29) is 42.1 Å². The molecule has 0 aliphatic rings. The molecular formula is C24H21F2NO4. The lowest BCUT2D eigenvalue weighted by Gasteiger charge is -2.17. The number of aromatic nitrogens is 1. The van der Waals surface area contributed by atoms with Gasteiger partial charge in [0, 0.05) is 30.8 Å². The minimum absolute atomic E-state index is 0.0442. The molecule has 0 saturated carbocycles. The number of nitrogens with zero attached hydrogens (tertiary/aromatic N) is 1. The summed E-state index contributed by atoms with van der Waals surface area (Å²) >= 11 is 0. The van der Waals surface area contributed by atoms with Gasteiger partial charge in [-0.05, 0) is 17.2 Å². The number of hydrogen-bond acceptors (Lipinski definition) is 4. The second-order valence-corrected chi connectivity index (χ2v) is 6.78. The molecule has 5 nitrogen and oxygen atoms in total. The normalized spacial score (nSPS) is 10.5. The summed E-state index contributed by atoms with van der Waals surface area (Å²) in [6.07, 6.45) is 2.87. The highest BCUT2D eigenvalue weighted by molar-refractivity contribution is 5.90. The van der Waals surface area contributed by atoms with Crippen LogP contribution in [0, 0.1) is 11.6 Å². The fraction of sp³-hybridized carbons (Fsp3) is 0.167. The van der Waals surface area contributed by atoms with Gasteiger partial charge in [0.15, 0.2) is 11.4 Å². The molecule has 0 fully saturated rings. The Labute approximate surface area is 178 Å². The van der Waals surface area contributed by atoms with Crippen LogP contribution in [0.1, 0.15) is 27.2 Å². The first-order valence-electron chi connectivity index (χ1n) is 9.50. The molecule has 31 heavy (non-hydrogen) atoms. The largest absolute Gasteiger partial charge is 0.482 e. The van der Waals surface area contributed by atoms with E-state index in [1.54, 1.807) is 6.08 Å². The monoisotopic (exact) mass is 425 g/mol. The summed E-state index contributed by atoms with van der Waals surface area (Å²) in [5.74, 6) is -2.42. The Morgan fingerprint density at radius 2 is 1.87 bits per heavy atom. The summed E-state index contributed by atoms with van der Waals surface area (Å²) in [6, 6.07) is 12.3. The van der Waals surface area contributed by atoms with Crippen molar-refractivity contribution < 1.29 is 23.0 Å². The van der Waals surface area contributed by atoms with Gasteiger partial charge in [0.05, 0.1) is 7.11 Å². The summed E-state index contributed by atoms with van der Waals surface area (Å²) in [6.45, 7) is 3.90. The van der Waals surface area contributed by atoms with Gasteiger partial charge in [-0.3, -0.25) is 4.79 Å². The van der Waals surface area contributed by atoms with Crippen molar-refractivity contribution in [3.05, 3.63) is 112 Å².